The summed E-state index contributed by atoms with van der Waals surface area (Å²) in [4.78, 5) is 8.22. The third-order valence-corrected chi connectivity index (χ3v) is 10.8. The third-order valence-electron chi connectivity index (χ3n) is 9.73. The van der Waals surface area contributed by atoms with E-state index in [1.165, 1.54) is 39.9 Å². The lowest BCUT2D eigenvalue weighted by atomic mass is 9.77. The number of imidazole rings is 1. The summed E-state index contributed by atoms with van der Waals surface area (Å²) in [6.45, 7) is 2.86. The van der Waals surface area contributed by atoms with Gasteiger partial charge in [0, 0.05) is 42.0 Å². The maximum atomic E-state index is 13.9. The van der Waals surface area contributed by atoms with Gasteiger partial charge in [-0.3, -0.25) is 0 Å². The largest absolute Gasteiger partial charge is 0.361 e. The van der Waals surface area contributed by atoms with Crippen LogP contribution in [0.15, 0.2) is 157 Å². The minimum absolute atomic E-state index is 0.255. The molecule has 6 nitrogen and oxygen atoms in total. The summed E-state index contributed by atoms with van der Waals surface area (Å²) in [5.41, 5.74) is 8.27. The fraction of sp³-hybridized carbons (Fsp3) is 0.159. The fourth-order valence-corrected chi connectivity index (χ4v) is 8.21. The highest BCUT2D eigenvalue weighted by atomic mass is 32.2. The predicted molar refractivity (Wildman–Crippen MR) is 207 cm³/mol. The first-order valence-electron chi connectivity index (χ1n) is 17.6. The average molecular weight is 703 g/mol. The third kappa shape index (κ3) is 6.69. The number of nitrogens with zero attached hydrogens (tertiary/aromatic N) is 5. The summed E-state index contributed by atoms with van der Waals surface area (Å²) in [7, 11) is 0. The van der Waals surface area contributed by atoms with Crippen LogP contribution in [0.1, 0.15) is 51.3 Å². The van der Waals surface area contributed by atoms with Crippen molar-refractivity contribution in [3.63, 3.8) is 0 Å². The Hall–Kier alpha value is -5.73. The molecule has 52 heavy (non-hydrogen) atoms. The molecule has 0 saturated heterocycles. The summed E-state index contributed by atoms with van der Waals surface area (Å²) in [5, 5.41) is 11.3. The number of rotatable bonds is 13. The molecule has 5 aromatic carbocycles. The molecule has 0 bridgehead atoms. The van der Waals surface area contributed by atoms with Crippen molar-refractivity contribution >= 4 is 22.7 Å². The molecule has 8 heteroatoms. The Labute approximate surface area is 307 Å². The molecule has 8 aromatic rings. The number of thioether (sulfide) groups is 1. The minimum Gasteiger partial charge on any atom is -0.361 e. The molecule has 3 heterocycles. The summed E-state index contributed by atoms with van der Waals surface area (Å²) in [5.74, 6) is 1.44. The number of aryl methyl sites for hydroxylation is 2. The highest BCUT2D eigenvalue weighted by molar-refractivity contribution is 7.98. The van der Waals surface area contributed by atoms with Crippen molar-refractivity contribution in [1.82, 2.24) is 29.3 Å². The van der Waals surface area contributed by atoms with Crippen LogP contribution in [-0.2, 0) is 30.7 Å². The van der Waals surface area contributed by atoms with E-state index in [1.54, 1.807) is 11.8 Å². The standard InChI is InChI=1S/C44H39FN6S/c1-32-13-11-14-33(25-32)30-52-43-49-48-42(26-34-28-46-41-27-38(45)22-23-40(34)41)51(43)24-12-21-39-29-50(31-47-39)44(35-15-5-2-6-16-35,36-17-7-3-8-18-36)37-19-9-4-10-20-37/h2-11,13-20,22-23,25,27-29,31,46H,12,21,24,26,30H2,1H3. The number of halogens is 1. The highest BCUT2D eigenvalue weighted by Crippen LogP contribution is 2.41. The first-order valence-corrected chi connectivity index (χ1v) is 18.6. The van der Waals surface area contributed by atoms with E-state index in [4.69, 9.17) is 10.1 Å². The molecule has 0 aliphatic rings. The second-order valence-electron chi connectivity index (χ2n) is 13.2. The lowest BCUT2D eigenvalue weighted by molar-refractivity contribution is 0.513. The van der Waals surface area contributed by atoms with E-state index in [2.05, 4.69) is 148 Å². The van der Waals surface area contributed by atoms with Crippen molar-refractivity contribution in [2.75, 3.05) is 0 Å². The van der Waals surface area contributed by atoms with E-state index in [-0.39, 0.29) is 5.82 Å². The molecular weight excluding hydrogens is 664 g/mol. The number of hydrogen-bond acceptors (Lipinski definition) is 4. The van der Waals surface area contributed by atoms with Crippen molar-refractivity contribution in [1.29, 1.82) is 0 Å². The van der Waals surface area contributed by atoms with E-state index in [9.17, 15) is 4.39 Å². The van der Waals surface area contributed by atoms with Crippen LogP contribution >= 0.6 is 11.8 Å². The summed E-state index contributed by atoms with van der Waals surface area (Å²) < 4.78 is 18.5. The smallest absolute Gasteiger partial charge is 0.191 e. The highest BCUT2D eigenvalue weighted by Gasteiger charge is 2.38. The zero-order valence-electron chi connectivity index (χ0n) is 29.0. The molecule has 0 unspecified atom stereocenters. The van der Waals surface area contributed by atoms with Gasteiger partial charge in [-0.15, -0.1) is 10.2 Å². The van der Waals surface area contributed by atoms with E-state index in [0.717, 1.165) is 58.3 Å². The lowest BCUT2D eigenvalue weighted by Crippen LogP contribution is -2.36. The van der Waals surface area contributed by atoms with Gasteiger partial charge in [-0.05, 0) is 65.8 Å². The maximum absolute atomic E-state index is 13.9. The summed E-state index contributed by atoms with van der Waals surface area (Å²) in [6, 6.07) is 45.5. The van der Waals surface area contributed by atoms with Gasteiger partial charge in [0.05, 0.1) is 12.0 Å². The van der Waals surface area contributed by atoms with E-state index in [0.29, 0.717) is 6.42 Å². The monoisotopic (exact) mass is 702 g/mol. The van der Waals surface area contributed by atoms with Gasteiger partial charge < -0.3 is 14.1 Å². The Morgan fingerprint density at radius 3 is 2.13 bits per heavy atom. The number of benzene rings is 5. The molecule has 258 valence electrons. The van der Waals surface area contributed by atoms with Gasteiger partial charge in [-0.1, -0.05) is 133 Å². The number of aromatic nitrogens is 6. The zero-order valence-corrected chi connectivity index (χ0v) is 29.8. The maximum Gasteiger partial charge on any atom is 0.191 e. The lowest BCUT2D eigenvalue weighted by Gasteiger charge is -2.37. The topological polar surface area (TPSA) is 64.3 Å². The summed E-state index contributed by atoms with van der Waals surface area (Å²) in [6.07, 6.45) is 8.37. The van der Waals surface area contributed by atoms with Crippen LogP contribution in [0.5, 0.6) is 0 Å². The first kappa shape index (κ1) is 33.4. The first-order chi connectivity index (χ1) is 25.6. The Bertz CT molecular complexity index is 2300. The number of hydrogen-bond donors (Lipinski definition) is 1. The second kappa shape index (κ2) is 14.9. The molecule has 0 aliphatic heterocycles. The molecule has 0 aliphatic carbocycles. The van der Waals surface area contributed by atoms with Gasteiger partial charge in [-0.2, -0.15) is 0 Å². The van der Waals surface area contributed by atoms with Gasteiger partial charge >= 0.3 is 0 Å². The molecule has 0 spiro atoms. The van der Waals surface area contributed by atoms with Crippen LogP contribution in [0, 0.1) is 12.7 Å². The SMILES string of the molecule is Cc1cccc(CSc2nnc(Cc3c[nH]c4cc(F)ccc34)n2CCCc2cn(C(c3ccccc3)(c3ccccc3)c3ccccc3)cn2)c1. The zero-order chi connectivity index (χ0) is 35.3. The number of fused-ring (bicyclic) bond motifs is 1. The molecular formula is C44H39FN6S. The molecule has 8 rings (SSSR count). The Morgan fingerprint density at radius 1 is 0.769 bits per heavy atom. The van der Waals surface area contributed by atoms with E-state index < -0.39 is 5.54 Å². The number of nitrogens with one attached hydrogen (secondary N) is 1. The second-order valence-corrected chi connectivity index (χ2v) is 14.1. The predicted octanol–water partition coefficient (Wildman–Crippen LogP) is 9.76. The van der Waals surface area contributed by atoms with Crippen molar-refractivity contribution < 1.29 is 4.39 Å². The van der Waals surface area contributed by atoms with Crippen LogP contribution in [0.2, 0.25) is 0 Å². The van der Waals surface area contributed by atoms with E-state index >= 15 is 0 Å². The molecule has 0 atom stereocenters. The van der Waals surface area contributed by atoms with Crippen LogP contribution < -0.4 is 0 Å². The Morgan fingerprint density at radius 2 is 1.46 bits per heavy atom. The van der Waals surface area contributed by atoms with Gasteiger partial charge in [0.25, 0.3) is 0 Å². The van der Waals surface area contributed by atoms with Crippen LogP contribution in [0.25, 0.3) is 10.9 Å². The summed E-state index contributed by atoms with van der Waals surface area (Å²) >= 11 is 1.71. The molecule has 0 radical (unpaired) electrons. The molecule has 0 amide bonds. The van der Waals surface area contributed by atoms with Gasteiger partial charge in [-0.25, -0.2) is 9.37 Å². The average Bonchev–Trinajstić information content (AvgIpc) is 3.92. The van der Waals surface area contributed by atoms with Crippen molar-refractivity contribution in [3.8, 4) is 0 Å². The van der Waals surface area contributed by atoms with Gasteiger partial charge in [0.2, 0.25) is 0 Å². The molecule has 1 N–H and O–H groups in total. The van der Waals surface area contributed by atoms with Crippen molar-refractivity contribution in [2.45, 2.75) is 49.2 Å². The van der Waals surface area contributed by atoms with Crippen LogP contribution in [0.3, 0.4) is 0 Å². The Balaban J connectivity index is 1.09. The fourth-order valence-electron chi connectivity index (χ4n) is 7.29. The van der Waals surface area contributed by atoms with Crippen molar-refractivity contribution in [3.05, 3.63) is 203 Å². The quantitative estimate of drug-likeness (QED) is 0.0960. The number of aromatic amines is 1. The molecule has 3 aromatic heterocycles. The molecule has 0 fully saturated rings. The Kier molecular flexibility index (Phi) is 9.55. The van der Waals surface area contributed by atoms with Crippen molar-refractivity contribution in [2.24, 2.45) is 0 Å². The van der Waals surface area contributed by atoms with E-state index in [1.807, 2.05) is 18.6 Å². The van der Waals surface area contributed by atoms with Gasteiger partial charge in [0.1, 0.15) is 17.2 Å². The normalized spacial score (nSPS) is 11.7. The van der Waals surface area contributed by atoms with Gasteiger partial charge in [0.15, 0.2) is 5.16 Å². The van der Waals surface area contributed by atoms with Crippen LogP contribution in [0.4, 0.5) is 4.39 Å². The number of H-pyrrole nitrogens is 1. The van der Waals surface area contributed by atoms with Crippen LogP contribution in [-0.4, -0.2) is 29.3 Å². The molecule has 0 saturated carbocycles. The minimum atomic E-state index is -0.599.